The molecule has 0 radical (unpaired) electrons. The van der Waals surface area contributed by atoms with Gasteiger partial charge in [0.1, 0.15) is 11.9 Å². The fourth-order valence-electron chi connectivity index (χ4n) is 2.44. The number of carbonyl (C=O) groups excluding carboxylic acids is 1. The molecule has 134 valence electrons. The van der Waals surface area contributed by atoms with Gasteiger partial charge in [-0.3, -0.25) is 9.10 Å². The Hall–Kier alpha value is -2.12. The van der Waals surface area contributed by atoms with Crippen molar-refractivity contribution >= 4 is 38.9 Å². The number of nitrogens with zero attached hydrogens (tertiary/aromatic N) is 1. The normalized spacial score (nSPS) is 12.5. The monoisotopic (exact) mass is 384 g/mol. The van der Waals surface area contributed by atoms with E-state index in [2.05, 4.69) is 5.32 Å². The highest BCUT2D eigenvalue weighted by atomic mass is 35.5. The van der Waals surface area contributed by atoms with E-state index in [4.69, 9.17) is 11.6 Å². The Balaban J connectivity index is 2.36. The zero-order valence-corrected chi connectivity index (χ0v) is 15.3. The van der Waals surface area contributed by atoms with Crippen molar-refractivity contribution in [2.45, 2.75) is 19.4 Å². The minimum absolute atomic E-state index is 0.233. The van der Waals surface area contributed by atoms with Gasteiger partial charge >= 0.3 is 0 Å². The molecule has 1 unspecified atom stereocenters. The Kier molecular flexibility index (Phi) is 6.02. The van der Waals surface area contributed by atoms with E-state index >= 15 is 0 Å². The number of nitrogens with one attached hydrogen (secondary N) is 1. The van der Waals surface area contributed by atoms with Crippen LogP contribution < -0.4 is 9.62 Å². The number of sulfonamides is 1. The van der Waals surface area contributed by atoms with Crippen molar-refractivity contribution in [3.8, 4) is 0 Å². The number of amides is 1. The molecular weight excluding hydrogens is 367 g/mol. The topological polar surface area (TPSA) is 66.5 Å². The molecule has 0 spiro atoms. The first-order valence-electron chi connectivity index (χ1n) is 7.53. The van der Waals surface area contributed by atoms with Crippen LogP contribution in [0.4, 0.5) is 15.8 Å². The van der Waals surface area contributed by atoms with E-state index in [0.29, 0.717) is 10.7 Å². The first kappa shape index (κ1) is 19.2. The summed E-state index contributed by atoms with van der Waals surface area (Å²) in [5.74, 6) is -1.04. The van der Waals surface area contributed by atoms with Gasteiger partial charge in [-0.15, -0.1) is 0 Å². The minimum atomic E-state index is -3.73. The molecule has 0 aliphatic carbocycles. The van der Waals surface area contributed by atoms with Crippen LogP contribution in [0.3, 0.4) is 0 Å². The third kappa shape index (κ3) is 4.93. The lowest BCUT2D eigenvalue weighted by molar-refractivity contribution is -0.117. The second kappa shape index (κ2) is 7.84. The number of benzene rings is 2. The Morgan fingerprint density at radius 3 is 2.40 bits per heavy atom. The summed E-state index contributed by atoms with van der Waals surface area (Å²) in [6.45, 7) is 1.70. The van der Waals surface area contributed by atoms with E-state index in [0.717, 1.165) is 16.6 Å². The number of halogens is 2. The molecule has 25 heavy (non-hydrogen) atoms. The van der Waals surface area contributed by atoms with Crippen molar-refractivity contribution in [2.75, 3.05) is 15.9 Å². The van der Waals surface area contributed by atoms with E-state index in [1.165, 1.54) is 30.3 Å². The van der Waals surface area contributed by atoms with E-state index in [9.17, 15) is 17.6 Å². The van der Waals surface area contributed by atoms with E-state index in [1.54, 1.807) is 19.1 Å². The van der Waals surface area contributed by atoms with Crippen LogP contribution in [0.15, 0.2) is 48.5 Å². The maximum Gasteiger partial charge on any atom is 0.248 e. The second-order valence-electron chi connectivity index (χ2n) is 5.46. The van der Waals surface area contributed by atoms with Crippen LogP contribution in [0.25, 0.3) is 0 Å². The van der Waals surface area contributed by atoms with Gasteiger partial charge in [0.05, 0.1) is 11.9 Å². The number of hydrogen-bond acceptors (Lipinski definition) is 3. The molecule has 2 rings (SSSR count). The summed E-state index contributed by atoms with van der Waals surface area (Å²) < 4.78 is 38.9. The van der Waals surface area contributed by atoms with Crippen LogP contribution in [0.2, 0.25) is 5.02 Å². The summed E-state index contributed by atoms with van der Waals surface area (Å²) in [5.41, 5.74) is 0.584. The van der Waals surface area contributed by atoms with Crippen molar-refractivity contribution in [1.82, 2.24) is 0 Å². The lowest BCUT2D eigenvalue weighted by Crippen LogP contribution is -2.47. The Labute approximate surface area is 151 Å². The summed E-state index contributed by atoms with van der Waals surface area (Å²) in [6.07, 6.45) is 1.26. The fraction of sp³-hybridized carbons (Fsp3) is 0.235. The van der Waals surface area contributed by atoms with Crippen molar-refractivity contribution in [3.63, 3.8) is 0 Å². The van der Waals surface area contributed by atoms with Crippen LogP contribution in [-0.4, -0.2) is 26.6 Å². The van der Waals surface area contributed by atoms with Crippen LogP contribution in [0, 0.1) is 5.82 Å². The summed E-state index contributed by atoms with van der Waals surface area (Å²) in [5, 5.41) is 3.01. The number of carbonyl (C=O) groups is 1. The van der Waals surface area contributed by atoms with Gasteiger partial charge in [0.15, 0.2) is 0 Å². The fourth-order valence-corrected chi connectivity index (χ4v) is 3.78. The quantitative estimate of drug-likeness (QED) is 0.826. The minimum Gasteiger partial charge on any atom is -0.324 e. The molecule has 0 saturated heterocycles. The van der Waals surface area contributed by atoms with Gasteiger partial charge in [0.25, 0.3) is 0 Å². The maximum atomic E-state index is 13.3. The van der Waals surface area contributed by atoms with Gasteiger partial charge in [0.2, 0.25) is 15.9 Å². The molecule has 0 aliphatic heterocycles. The maximum absolute atomic E-state index is 13.3. The molecule has 0 aromatic heterocycles. The lowest BCUT2D eigenvalue weighted by Gasteiger charge is -2.30. The van der Waals surface area contributed by atoms with Crippen molar-refractivity contribution in [3.05, 3.63) is 59.4 Å². The molecule has 1 N–H and O–H groups in total. The highest BCUT2D eigenvalue weighted by Crippen LogP contribution is 2.25. The van der Waals surface area contributed by atoms with Gasteiger partial charge in [-0.2, -0.15) is 0 Å². The van der Waals surface area contributed by atoms with Gasteiger partial charge in [-0.05, 0) is 48.9 Å². The number of hydrogen-bond donors (Lipinski definition) is 1. The molecule has 1 atom stereocenters. The van der Waals surface area contributed by atoms with E-state index < -0.39 is 27.8 Å². The van der Waals surface area contributed by atoms with Gasteiger partial charge in [-0.1, -0.05) is 24.6 Å². The molecule has 1 amide bonds. The third-order valence-corrected chi connectivity index (χ3v) is 4.93. The van der Waals surface area contributed by atoms with Crippen molar-refractivity contribution in [2.24, 2.45) is 0 Å². The average Bonchev–Trinajstić information content (AvgIpc) is 2.52. The molecule has 8 heteroatoms. The van der Waals surface area contributed by atoms with Crippen LogP contribution in [-0.2, 0) is 14.8 Å². The molecule has 5 nitrogen and oxygen atoms in total. The van der Waals surface area contributed by atoms with Gasteiger partial charge in [-0.25, -0.2) is 12.8 Å². The van der Waals surface area contributed by atoms with Crippen LogP contribution >= 0.6 is 11.6 Å². The Morgan fingerprint density at radius 2 is 1.88 bits per heavy atom. The van der Waals surface area contributed by atoms with Crippen LogP contribution in [0.5, 0.6) is 0 Å². The standard InChI is InChI=1S/C17H18ClFN2O3S/c1-3-16(17(22)20-14-6-4-5-13(19)11-14)21(25(2,23)24)15-9-7-12(18)8-10-15/h4-11,16H,3H2,1-2H3,(H,20,22). The Morgan fingerprint density at radius 1 is 1.24 bits per heavy atom. The summed E-state index contributed by atoms with van der Waals surface area (Å²) in [7, 11) is -3.73. The largest absolute Gasteiger partial charge is 0.324 e. The predicted octanol–water partition coefficient (Wildman–Crippen LogP) is 3.66. The average molecular weight is 385 g/mol. The molecule has 2 aromatic rings. The van der Waals surface area contributed by atoms with Gasteiger partial charge in [0, 0.05) is 10.7 Å². The SMILES string of the molecule is CCC(C(=O)Nc1cccc(F)c1)N(c1ccc(Cl)cc1)S(C)(=O)=O. The van der Waals surface area contributed by atoms with E-state index in [1.807, 2.05) is 0 Å². The molecule has 0 heterocycles. The molecular formula is C17H18ClFN2O3S. The van der Waals surface area contributed by atoms with Crippen molar-refractivity contribution < 1.29 is 17.6 Å². The molecule has 2 aromatic carbocycles. The highest BCUT2D eigenvalue weighted by molar-refractivity contribution is 7.92. The molecule has 0 saturated carbocycles. The zero-order chi connectivity index (χ0) is 18.6. The molecule has 0 fully saturated rings. The highest BCUT2D eigenvalue weighted by Gasteiger charge is 2.31. The predicted molar refractivity (Wildman–Crippen MR) is 97.9 cm³/mol. The second-order valence-corrected chi connectivity index (χ2v) is 7.75. The summed E-state index contributed by atoms with van der Waals surface area (Å²) >= 11 is 5.85. The van der Waals surface area contributed by atoms with Gasteiger partial charge < -0.3 is 5.32 Å². The molecule has 0 aliphatic rings. The van der Waals surface area contributed by atoms with E-state index in [-0.39, 0.29) is 12.1 Å². The van der Waals surface area contributed by atoms with Crippen molar-refractivity contribution in [1.29, 1.82) is 0 Å². The first-order valence-corrected chi connectivity index (χ1v) is 9.76. The third-order valence-electron chi connectivity index (χ3n) is 3.50. The van der Waals surface area contributed by atoms with Crippen LogP contribution in [0.1, 0.15) is 13.3 Å². The number of rotatable bonds is 6. The summed E-state index contributed by atoms with van der Waals surface area (Å²) in [6, 6.07) is 10.6. The number of anilines is 2. The Bertz CT molecular complexity index is 856. The molecule has 0 bridgehead atoms. The lowest BCUT2D eigenvalue weighted by atomic mass is 10.2. The smallest absolute Gasteiger partial charge is 0.248 e. The first-order chi connectivity index (χ1) is 11.7. The summed E-state index contributed by atoms with van der Waals surface area (Å²) in [4.78, 5) is 12.6. The zero-order valence-electron chi connectivity index (χ0n) is 13.7.